The lowest BCUT2D eigenvalue weighted by atomic mass is 10.2. The van der Waals surface area contributed by atoms with Gasteiger partial charge in [-0.25, -0.2) is 0 Å². The van der Waals surface area contributed by atoms with Crippen molar-refractivity contribution in [1.29, 1.82) is 0 Å². The predicted molar refractivity (Wildman–Crippen MR) is 58.8 cm³/mol. The highest BCUT2D eigenvalue weighted by molar-refractivity contribution is 7.16. The van der Waals surface area contributed by atoms with E-state index < -0.39 is 0 Å². The van der Waals surface area contributed by atoms with Crippen LogP contribution in [-0.2, 0) is 0 Å². The average Bonchev–Trinajstić information content (AvgIpc) is 2.61. The molecule has 0 amide bonds. The number of thiophene rings is 1. The van der Waals surface area contributed by atoms with Crippen molar-refractivity contribution in [3.05, 3.63) is 21.3 Å². The highest BCUT2D eigenvalue weighted by Crippen LogP contribution is 2.26. The van der Waals surface area contributed by atoms with E-state index in [4.69, 9.17) is 21.8 Å². The van der Waals surface area contributed by atoms with Crippen molar-refractivity contribution >= 4 is 22.9 Å². The zero-order valence-corrected chi connectivity index (χ0v) is 9.48. The van der Waals surface area contributed by atoms with Crippen molar-refractivity contribution in [1.82, 2.24) is 5.32 Å². The number of halogens is 1. The molecule has 3 nitrogen and oxygen atoms in total. The fraction of sp³-hybridized carbons (Fsp3) is 0.556. The molecular formula is C9H14ClNO2S. The maximum atomic E-state index is 8.88. The van der Waals surface area contributed by atoms with E-state index in [9.17, 15) is 0 Å². The maximum Gasteiger partial charge on any atom is 0.0931 e. The molecule has 1 aromatic heterocycles. The summed E-state index contributed by atoms with van der Waals surface area (Å²) in [5, 5.41) is 20.9. The summed E-state index contributed by atoms with van der Waals surface area (Å²) in [5.74, 6) is 0. The van der Waals surface area contributed by atoms with E-state index in [0.29, 0.717) is 0 Å². The molecule has 3 N–H and O–H groups in total. The Kier molecular flexibility index (Phi) is 4.84. The van der Waals surface area contributed by atoms with Gasteiger partial charge in [0.1, 0.15) is 0 Å². The molecule has 80 valence electrons. The second-order valence-electron chi connectivity index (χ2n) is 3.09. The van der Waals surface area contributed by atoms with Crippen LogP contribution in [0.3, 0.4) is 0 Å². The van der Waals surface area contributed by atoms with Gasteiger partial charge in [0.2, 0.25) is 0 Å². The smallest absolute Gasteiger partial charge is 0.0931 e. The third kappa shape index (κ3) is 3.22. The number of aliphatic hydroxyl groups is 2. The monoisotopic (exact) mass is 235 g/mol. The zero-order valence-electron chi connectivity index (χ0n) is 7.90. The molecule has 0 fully saturated rings. The SMILES string of the molecule is C[C@@H](NC(CO)CO)c1ccc(Cl)s1. The van der Waals surface area contributed by atoms with Gasteiger partial charge in [-0.1, -0.05) is 11.6 Å². The molecule has 14 heavy (non-hydrogen) atoms. The van der Waals surface area contributed by atoms with Gasteiger partial charge < -0.3 is 15.5 Å². The van der Waals surface area contributed by atoms with Crippen molar-refractivity contribution in [2.24, 2.45) is 0 Å². The minimum atomic E-state index is -0.272. The van der Waals surface area contributed by atoms with Gasteiger partial charge in [0.25, 0.3) is 0 Å². The molecule has 5 heteroatoms. The first kappa shape index (κ1) is 11.9. The van der Waals surface area contributed by atoms with Crippen LogP contribution >= 0.6 is 22.9 Å². The lowest BCUT2D eigenvalue weighted by Gasteiger charge is -2.18. The maximum absolute atomic E-state index is 8.88. The summed E-state index contributed by atoms with van der Waals surface area (Å²) < 4.78 is 0.748. The van der Waals surface area contributed by atoms with E-state index in [1.54, 1.807) is 0 Å². The molecule has 0 aliphatic rings. The predicted octanol–water partition coefficient (Wildman–Crippen LogP) is 1.41. The molecule has 1 heterocycles. The third-order valence-corrected chi connectivity index (χ3v) is 3.36. The molecule has 0 aromatic carbocycles. The largest absolute Gasteiger partial charge is 0.395 e. The van der Waals surface area contributed by atoms with E-state index in [2.05, 4.69) is 5.32 Å². The fourth-order valence-corrected chi connectivity index (χ4v) is 2.23. The van der Waals surface area contributed by atoms with E-state index >= 15 is 0 Å². The van der Waals surface area contributed by atoms with Crippen molar-refractivity contribution in [3.8, 4) is 0 Å². The van der Waals surface area contributed by atoms with Crippen molar-refractivity contribution < 1.29 is 10.2 Å². The van der Waals surface area contributed by atoms with Crippen LogP contribution in [0.4, 0.5) is 0 Å². The van der Waals surface area contributed by atoms with E-state index in [1.165, 1.54) is 11.3 Å². The lowest BCUT2D eigenvalue weighted by Crippen LogP contribution is -2.37. The van der Waals surface area contributed by atoms with Gasteiger partial charge in [-0.2, -0.15) is 0 Å². The van der Waals surface area contributed by atoms with Crippen LogP contribution in [0.2, 0.25) is 4.34 Å². The van der Waals surface area contributed by atoms with Gasteiger partial charge in [0.15, 0.2) is 0 Å². The number of hydrogen-bond donors (Lipinski definition) is 3. The number of hydrogen-bond acceptors (Lipinski definition) is 4. The quantitative estimate of drug-likeness (QED) is 0.723. The first-order valence-corrected chi connectivity index (χ1v) is 5.59. The Balaban J connectivity index is 2.53. The molecule has 0 unspecified atom stereocenters. The van der Waals surface area contributed by atoms with Gasteiger partial charge in [-0.15, -0.1) is 11.3 Å². The van der Waals surface area contributed by atoms with Crippen molar-refractivity contribution in [2.75, 3.05) is 13.2 Å². The van der Waals surface area contributed by atoms with E-state index in [1.807, 2.05) is 19.1 Å². The Bertz CT molecular complexity index is 276. The molecular weight excluding hydrogens is 222 g/mol. The molecule has 0 saturated heterocycles. The summed E-state index contributed by atoms with van der Waals surface area (Å²) in [6, 6.07) is 3.60. The van der Waals surface area contributed by atoms with Gasteiger partial charge in [-0.05, 0) is 19.1 Å². The summed E-state index contributed by atoms with van der Waals surface area (Å²) in [5.41, 5.74) is 0. The third-order valence-electron chi connectivity index (χ3n) is 1.95. The van der Waals surface area contributed by atoms with Crippen LogP contribution in [0.5, 0.6) is 0 Å². The second kappa shape index (κ2) is 5.68. The van der Waals surface area contributed by atoms with Gasteiger partial charge in [0, 0.05) is 10.9 Å². The number of nitrogens with one attached hydrogen (secondary N) is 1. The normalized spacial score (nSPS) is 13.5. The molecule has 0 saturated carbocycles. The molecule has 1 rings (SSSR count). The van der Waals surface area contributed by atoms with Gasteiger partial charge >= 0.3 is 0 Å². The average molecular weight is 236 g/mol. The van der Waals surface area contributed by atoms with E-state index in [0.717, 1.165) is 9.21 Å². The van der Waals surface area contributed by atoms with Crippen LogP contribution in [0.25, 0.3) is 0 Å². The molecule has 0 aliphatic heterocycles. The van der Waals surface area contributed by atoms with Gasteiger partial charge in [-0.3, -0.25) is 0 Å². The summed E-state index contributed by atoms with van der Waals surface area (Å²) in [7, 11) is 0. The Morgan fingerprint density at radius 2 is 2.07 bits per heavy atom. The molecule has 0 bridgehead atoms. The second-order valence-corrected chi connectivity index (χ2v) is 4.84. The minimum absolute atomic E-state index is 0.0695. The van der Waals surface area contributed by atoms with Crippen molar-refractivity contribution in [2.45, 2.75) is 19.0 Å². The summed E-state index contributed by atoms with van der Waals surface area (Å²) >= 11 is 7.30. The fourth-order valence-electron chi connectivity index (χ4n) is 1.16. The molecule has 1 aromatic rings. The van der Waals surface area contributed by atoms with Gasteiger partial charge in [0.05, 0.1) is 23.6 Å². The van der Waals surface area contributed by atoms with Crippen LogP contribution < -0.4 is 5.32 Å². The summed E-state index contributed by atoms with van der Waals surface area (Å²) in [6.07, 6.45) is 0. The van der Waals surface area contributed by atoms with Crippen molar-refractivity contribution in [3.63, 3.8) is 0 Å². The van der Waals surface area contributed by atoms with Crippen LogP contribution in [0.1, 0.15) is 17.8 Å². The number of aliphatic hydroxyl groups excluding tert-OH is 2. The molecule has 1 atom stereocenters. The van der Waals surface area contributed by atoms with Crippen LogP contribution in [0.15, 0.2) is 12.1 Å². The molecule has 0 spiro atoms. The van der Waals surface area contributed by atoms with Crippen LogP contribution in [-0.4, -0.2) is 29.5 Å². The number of rotatable bonds is 5. The van der Waals surface area contributed by atoms with Crippen LogP contribution in [0, 0.1) is 0 Å². The Labute approximate surface area is 92.3 Å². The first-order valence-electron chi connectivity index (χ1n) is 4.40. The Morgan fingerprint density at radius 1 is 1.43 bits per heavy atom. The lowest BCUT2D eigenvalue weighted by molar-refractivity contribution is 0.164. The minimum Gasteiger partial charge on any atom is -0.395 e. The summed E-state index contributed by atoms with van der Waals surface area (Å²) in [6.45, 7) is 1.83. The Morgan fingerprint density at radius 3 is 2.50 bits per heavy atom. The Hall–Kier alpha value is -0.130. The highest BCUT2D eigenvalue weighted by atomic mass is 35.5. The van der Waals surface area contributed by atoms with E-state index in [-0.39, 0.29) is 25.3 Å². The zero-order chi connectivity index (χ0) is 10.6. The first-order chi connectivity index (χ1) is 6.67. The summed E-state index contributed by atoms with van der Waals surface area (Å²) in [4.78, 5) is 1.10. The molecule has 0 aliphatic carbocycles. The standard InChI is InChI=1S/C9H14ClNO2S/c1-6(11-7(4-12)5-13)8-2-3-9(10)14-8/h2-3,6-7,11-13H,4-5H2,1H3/t6-/m1/s1. The topological polar surface area (TPSA) is 52.5 Å². The molecule has 0 radical (unpaired) electrons. The highest BCUT2D eigenvalue weighted by Gasteiger charge is 2.12.